The van der Waals surface area contributed by atoms with Crippen LogP contribution in [0.5, 0.6) is 0 Å². The van der Waals surface area contributed by atoms with Gasteiger partial charge in [-0.25, -0.2) is 13.1 Å². The Morgan fingerprint density at radius 3 is 2.24 bits per heavy atom. The number of ketones is 1. The summed E-state index contributed by atoms with van der Waals surface area (Å²) in [5.74, 6) is 0.504. The first-order valence-corrected chi connectivity index (χ1v) is 13.8. The van der Waals surface area contributed by atoms with Crippen LogP contribution in [0.25, 0.3) is 0 Å². The second-order valence-corrected chi connectivity index (χ2v) is 11.5. The van der Waals surface area contributed by atoms with Gasteiger partial charge in [0, 0.05) is 17.4 Å². The highest BCUT2D eigenvalue weighted by molar-refractivity contribution is 7.99. The van der Waals surface area contributed by atoms with E-state index < -0.39 is 22.0 Å². The molecule has 0 aromatic heterocycles. The Balaban J connectivity index is 1.65. The maximum Gasteiger partial charge on any atom is 0.241 e. The van der Waals surface area contributed by atoms with E-state index in [0.717, 1.165) is 29.7 Å². The summed E-state index contributed by atoms with van der Waals surface area (Å²) in [6.07, 6.45) is 2.22. The molecule has 3 atom stereocenters. The van der Waals surface area contributed by atoms with Crippen LogP contribution < -0.4 is 4.72 Å². The molecule has 0 unspecified atom stereocenters. The zero-order valence-corrected chi connectivity index (χ0v) is 20.3. The molecular formula is C27H29NO3S2. The van der Waals surface area contributed by atoms with Gasteiger partial charge in [-0.15, -0.1) is 0 Å². The van der Waals surface area contributed by atoms with Crippen molar-refractivity contribution >= 4 is 27.6 Å². The van der Waals surface area contributed by atoms with Crippen molar-refractivity contribution < 1.29 is 13.2 Å². The molecule has 0 aliphatic heterocycles. The van der Waals surface area contributed by atoms with Gasteiger partial charge < -0.3 is 0 Å². The van der Waals surface area contributed by atoms with Crippen molar-refractivity contribution in [1.82, 2.24) is 4.72 Å². The lowest BCUT2D eigenvalue weighted by molar-refractivity contribution is -0.125. The number of carbonyl (C=O) groups is 1. The SMILES string of the molecule is Cc1ccc(S(=O)(=O)N[C@@H](c2ccccc2)[C@H]2C(=O)CCC[C@@H]2SCc2ccccc2)cc1. The fourth-order valence-electron chi connectivity index (χ4n) is 4.36. The van der Waals surface area contributed by atoms with E-state index in [0.29, 0.717) is 6.42 Å². The lowest BCUT2D eigenvalue weighted by atomic mass is 9.80. The van der Waals surface area contributed by atoms with Gasteiger partial charge in [-0.1, -0.05) is 78.4 Å². The van der Waals surface area contributed by atoms with Gasteiger partial charge in [0.25, 0.3) is 0 Å². The van der Waals surface area contributed by atoms with Crippen LogP contribution in [-0.2, 0) is 20.6 Å². The first kappa shape index (κ1) is 23.7. The lowest BCUT2D eigenvalue weighted by Gasteiger charge is -2.36. The molecule has 1 saturated carbocycles. The first-order chi connectivity index (χ1) is 15.9. The van der Waals surface area contributed by atoms with Crippen LogP contribution in [0.3, 0.4) is 0 Å². The highest BCUT2D eigenvalue weighted by atomic mass is 32.2. The molecule has 4 rings (SSSR count). The van der Waals surface area contributed by atoms with Crippen molar-refractivity contribution in [2.45, 2.75) is 48.1 Å². The van der Waals surface area contributed by atoms with Gasteiger partial charge in [-0.05, 0) is 43.0 Å². The van der Waals surface area contributed by atoms with Crippen LogP contribution in [0.2, 0.25) is 0 Å². The standard InChI is InChI=1S/C27H29NO3S2/c1-20-15-17-23(18-16-20)33(30,31)28-27(22-11-6-3-7-12-22)26-24(29)13-8-14-25(26)32-19-21-9-4-2-5-10-21/h2-7,9-12,15-18,25-28H,8,13-14,19H2,1H3/t25-,26-,27-/m0/s1. The van der Waals surface area contributed by atoms with Crippen molar-refractivity contribution in [2.75, 3.05) is 0 Å². The highest BCUT2D eigenvalue weighted by Crippen LogP contribution is 2.40. The fourth-order valence-corrected chi connectivity index (χ4v) is 7.05. The summed E-state index contributed by atoms with van der Waals surface area (Å²) in [7, 11) is -3.80. The van der Waals surface area contributed by atoms with Crippen molar-refractivity contribution in [2.24, 2.45) is 5.92 Å². The summed E-state index contributed by atoms with van der Waals surface area (Å²) in [6, 6.07) is 25.9. The minimum absolute atomic E-state index is 0.0392. The third kappa shape index (κ3) is 5.94. The summed E-state index contributed by atoms with van der Waals surface area (Å²) in [6.45, 7) is 1.92. The molecule has 1 fully saturated rings. The molecule has 0 bridgehead atoms. The van der Waals surface area contributed by atoms with Crippen molar-refractivity contribution in [3.63, 3.8) is 0 Å². The molecule has 4 nitrogen and oxygen atoms in total. The van der Waals surface area contributed by atoms with Crippen molar-refractivity contribution in [3.8, 4) is 0 Å². The fraction of sp³-hybridized carbons (Fsp3) is 0.296. The van der Waals surface area contributed by atoms with Gasteiger partial charge in [-0.2, -0.15) is 11.8 Å². The van der Waals surface area contributed by atoms with Crippen LogP contribution >= 0.6 is 11.8 Å². The van der Waals surface area contributed by atoms with E-state index in [2.05, 4.69) is 16.9 Å². The quantitative estimate of drug-likeness (QED) is 0.451. The Morgan fingerprint density at radius 2 is 1.58 bits per heavy atom. The van der Waals surface area contributed by atoms with Gasteiger partial charge in [0.05, 0.1) is 16.9 Å². The molecule has 0 amide bonds. The lowest BCUT2D eigenvalue weighted by Crippen LogP contribution is -2.43. The van der Waals surface area contributed by atoms with Crippen LogP contribution in [0.4, 0.5) is 0 Å². The predicted octanol–water partition coefficient (Wildman–Crippen LogP) is 5.69. The van der Waals surface area contributed by atoms with Crippen LogP contribution in [0.1, 0.15) is 42.0 Å². The average molecular weight is 480 g/mol. The van der Waals surface area contributed by atoms with E-state index in [4.69, 9.17) is 0 Å². The topological polar surface area (TPSA) is 63.2 Å². The van der Waals surface area contributed by atoms with Crippen LogP contribution in [0.15, 0.2) is 89.8 Å². The number of aryl methyl sites for hydroxylation is 1. The predicted molar refractivity (Wildman–Crippen MR) is 135 cm³/mol. The van der Waals surface area contributed by atoms with E-state index in [1.54, 1.807) is 36.0 Å². The number of Topliss-reactive ketones (excluding diaryl/α,β-unsaturated/α-hetero) is 1. The molecule has 1 aliphatic rings. The number of benzene rings is 3. The van der Waals surface area contributed by atoms with Crippen LogP contribution in [-0.4, -0.2) is 19.5 Å². The number of nitrogens with one attached hydrogen (secondary N) is 1. The van der Waals surface area contributed by atoms with Gasteiger partial charge in [0.2, 0.25) is 10.0 Å². The van der Waals surface area contributed by atoms with Gasteiger partial charge in [0.1, 0.15) is 5.78 Å². The number of carbonyl (C=O) groups excluding carboxylic acids is 1. The normalized spacial score (nSPS) is 19.8. The van der Waals surface area contributed by atoms with E-state index >= 15 is 0 Å². The molecule has 0 saturated heterocycles. The molecule has 3 aromatic rings. The number of hydrogen-bond donors (Lipinski definition) is 1. The molecule has 0 spiro atoms. The largest absolute Gasteiger partial charge is 0.299 e. The average Bonchev–Trinajstić information content (AvgIpc) is 2.83. The van der Waals surface area contributed by atoms with E-state index in [-0.39, 0.29) is 15.9 Å². The summed E-state index contributed by atoms with van der Waals surface area (Å²) in [4.78, 5) is 13.5. The number of sulfonamides is 1. The van der Waals surface area contributed by atoms with Gasteiger partial charge in [-0.3, -0.25) is 4.79 Å². The third-order valence-electron chi connectivity index (χ3n) is 6.12. The van der Waals surface area contributed by atoms with Gasteiger partial charge in [0.15, 0.2) is 0 Å². The third-order valence-corrected chi connectivity index (χ3v) is 9.04. The van der Waals surface area contributed by atoms with Gasteiger partial charge >= 0.3 is 0 Å². The molecule has 1 aliphatic carbocycles. The second kappa shape index (κ2) is 10.7. The summed E-state index contributed by atoms with van der Waals surface area (Å²) in [5.41, 5.74) is 3.02. The Morgan fingerprint density at radius 1 is 0.939 bits per heavy atom. The first-order valence-electron chi connectivity index (χ1n) is 11.3. The van der Waals surface area contributed by atoms with Crippen molar-refractivity contribution in [3.05, 3.63) is 102 Å². The number of rotatable bonds is 8. The van der Waals surface area contributed by atoms with E-state index in [9.17, 15) is 13.2 Å². The molecule has 0 heterocycles. The highest BCUT2D eigenvalue weighted by Gasteiger charge is 2.40. The minimum Gasteiger partial charge on any atom is -0.299 e. The zero-order chi connectivity index (χ0) is 23.3. The Bertz CT molecular complexity index is 1160. The Hall–Kier alpha value is -2.41. The number of hydrogen-bond acceptors (Lipinski definition) is 4. The maximum atomic E-state index is 13.3. The Labute approximate surface area is 200 Å². The Kier molecular flexibility index (Phi) is 7.68. The minimum atomic E-state index is -3.80. The van der Waals surface area contributed by atoms with Crippen molar-refractivity contribution in [1.29, 1.82) is 0 Å². The second-order valence-electron chi connectivity index (χ2n) is 8.54. The summed E-state index contributed by atoms with van der Waals surface area (Å²) < 4.78 is 29.6. The molecule has 0 radical (unpaired) electrons. The summed E-state index contributed by atoms with van der Waals surface area (Å²) >= 11 is 1.75. The molecule has 3 aromatic carbocycles. The molecule has 172 valence electrons. The maximum absolute atomic E-state index is 13.3. The number of thioether (sulfide) groups is 1. The van der Waals surface area contributed by atoms with E-state index in [1.807, 2.05) is 55.5 Å². The molecule has 6 heteroatoms. The summed E-state index contributed by atoms with van der Waals surface area (Å²) in [5, 5.41) is 0.0392. The monoisotopic (exact) mass is 479 g/mol. The van der Waals surface area contributed by atoms with E-state index in [1.165, 1.54) is 5.56 Å². The van der Waals surface area contributed by atoms with Crippen LogP contribution in [0, 0.1) is 12.8 Å². The zero-order valence-electron chi connectivity index (χ0n) is 18.7. The molecular weight excluding hydrogens is 450 g/mol. The smallest absolute Gasteiger partial charge is 0.241 e. The molecule has 1 N–H and O–H groups in total. The molecule has 33 heavy (non-hydrogen) atoms.